The maximum Gasteiger partial charge on any atom is 0.306 e. The molecule has 4 rings (SSSR count). The molecule has 4 heterocycles. The van der Waals surface area contributed by atoms with E-state index in [1.165, 1.54) is 0 Å². The smallest absolute Gasteiger partial charge is 0.306 e. The van der Waals surface area contributed by atoms with Gasteiger partial charge in [-0.15, -0.1) is 0 Å². The molecule has 2 saturated heterocycles. The minimum Gasteiger partial charge on any atom is -0.481 e. The van der Waals surface area contributed by atoms with E-state index in [1.807, 2.05) is 19.1 Å². The molecule has 0 unspecified atom stereocenters. The highest BCUT2D eigenvalue weighted by atomic mass is 16.4. The lowest BCUT2D eigenvalue weighted by Gasteiger charge is -2.36. The summed E-state index contributed by atoms with van der Waals surface area (Å²) in [6.07, 6.45) is 4.84. The van der Waals surface area contributed by atoms with Crippen molar-refractivity contribution < 1.29 is 9.90 Å². The molecule has 2 aromatic heterocycles. The second kappa shape index (κ2) is 7.95. The van der Waals surface area contributed by atoms with Gasteiger partial charge in [-0.25, -0.2) is 19.9 Å². The van der Waals surface area contributed by atoms with E-state index >= 15 is 0 Å². The van der Waals surface area contributed by atoms with Gasteiger partial charge in [0, 0.05) is 57.7 Å². The first-order valence-electron chi connectivity index (χ1n) is 9.70. The molecular formula is C19H25N7O2. The van der Waals surface area contributed by atoms with Crippen molar-refractivity contribution in [2.75, 3.05) is 54.0 Å². The van der Waals surface area contributed by atoms with Crippen molar-refractivity contribution in [3.05, 3.63) is 30.4 Å². The van der Waals surface area contributed by atoms with Gasteiger partial charge < -0.3 is 19.8 Å². The van der Waals surface area contributed by atoms with Crippen LogP contribution in [0.4, 0.5) is 17.6 Å². The summed E-state index contributed by atoms with van der Waals surface area (Å²) in [7, 11) is 0. The van der Waals surface area contributed by atoms with E-state index in [1.54, 1.807) is 12.4 Å². The van der Waals surface area contributed by atoms with Gasteiger partial charge in [-0.1, -0.05) is 0 Å². The summed E-state index contributed by atoms with van der Waals surface area (Å²) in [6.45, 7) is 6.70. The lowest BCUT2D eigenvalue weighted by atomic mass is 9.97. The number of hydrogen-bond donors (Lipinski definition) is 1. The lowest BCUT2D eigenvalue weighted by molar-refractivity contribution is -0.142. The molecule has 2 fully saturated rings. The first kappa shape index (κ1) is 18.4. The number of piperidine rings is 1. The second-order valence-corrected chi connectivity index (χ2v) is 7.25. The third kappa shape index (κ3) is 3.97. The number of carboxylic acids is 1. The van der Waals surface area contributed by atoms with Crippen LogP contribution >= 0.6 is 0 Å². The van der Waals surface area contributed by atoms with E-state index in [2.05, 4.69) is 34.6 Å². The SMILES string of the molecule is Cc1nc(N2CCC(C(=O)O)CC2)cc(N2CCN(c3ncccn3)CC2)n1. The molecule has 1 N–H and O–H groups in total. The molecule has 148 valence electrons. The predicted molar refractivity (Wildman–Crippen MR) is 106 cm³/mol. The van der Waals surface area contributed by atoms with Crippen LogP contribution in [0, 0.1) is 12.8 Å². The summed E-state index contributed by atoms with van der Waals surface area (Å²) in [5, 5.41) is 9.19. The molecule has 9 heteroatoms. The molecular weight excluding hydrogens is 358 g/mol. The van der Waals surface area contributed by atoms with Gasteiger partial charge in [0.1, 0.15) is 17.5 Å². The average Bonchev–Trinajstić information content (AvgIpc) is 2.74. The van der Waals surface area contributed by atoms with Crippen LogP contribution in [0.5, 0.6) is 0 Å². The number of rotatable bonds is 4. The summed E-state index contributed by atoms with van der Waals surface area (Å²) in [6, 6.07) is 3.85. The number of anilines is 3. The Balaban J connectivity index is 1.43. The van der Waals surface area contributed by atoms with E-state index in [0.29, 0.717) is 25.9 Å². The molecule has 0 radical (unpaired) electrons. The standard InChI is InChI=1S/C19H25N7O2/c1-14-22-16(24-7-3-15(4-8-24)18(27)28)13-17(23-14)25-9-11-26(12-10-25)19-20-5-2-6-21-19/h2,5-6,13,15H,3-4,7-12H2,1H3,(H,27,28). The number of hydrogen-bond acceptors (Lipinski definition) is 8. The van der Waals surface area contributed by atoms with Gasteiger partial charge in [-0.05, 0) is 25.8 Å². The molecule has 2 aliphatic rings. The first-order valence-corrected chi connectivity index (χ1v) is 9.70. The van der Waals surface area contributed by atoms with Crippen LogP contribution in [-0.4, -0.2) is 70.3 Å². The Hall–Kier alpha value is -2.97. The number of piperazine rings is 1. The Labute approximate surface area is 164 Å². The van der Waals surface area contributed by atoms with Gasteiger partial charge in [0.25, 0.3) is 0 Å². The van der Waals surface area contributed by atoms with Crippen molar-refractivity contribution >= 4 is 23.6 Å². The number of aromatic nitrogens is 4. The maximum atomic E-state index is 11.2. The third-order valence-electron chi connectivity index (χ3n) is 5.42. The zero-order valence-electron chi connectivity index (χ0n) is 16.0. The maximum absolute atomic E-state index is 11.2. The molecule has 0 spiro atoms. The molecule has 0 aromatic carbocycles. The van der Waals surface area contributed by atoms with Gasteiger partial charge in [-0.2, -0.15) is 0 Å². The molecule has 0 aliphatic carbocycles. The van der Waals surface area contributed by atoms with Gasteiger partial charge in [0.15, 0.2) is 0 Å². The summed E-state index contributed by atoms with van der Waals surface area (Å²) in [5.74, 6) is 2.38. The van der Waals surface area contributed by atoms with E-state index < -0.39 is 5.97 Å². The number of nitrogens with zero attached hydrogens (tertiary/aromatic N) is 7. The highest BCUT2D eigenvalue weighted by molar-refractivity contribution is 5.70. The van der Waals surface area contributed by atoms with Crippen LogP contribution in [0.3, 0.4) is 0 Å². The topological polar surface area (TPSA) is 98.6 Å². The number of carbonyl (C=O) groups is 1. The number of carboxylic acid groups (broad SMARTS) is 1. The van der Waals surface area contributed by atoms with Gasteiger partial charge in [0.2, 0.25) is 5.95 Å². The van der Waals surface area contributed by atoms with Crippen LogP contribution < -0.4 is 14.7 Å². The van der Waals surface area contributed by atoms with Crippen molar-refractivity contribution in [2.24, 2.45) is 5.92 Å². The van der Waals surface area contributed by atoms with Crippen molar-refractivity contribution in [1.82, 2.24) is 19.9 Å². The summed E-state index contributed by atoms with van der Waals surface area (Å²) < 4.78 is 0. The normalized spacial score (nSPS) is 18.4. The fourth-order valence-corrected chi connectivity index (χ4v) is 3.81. The lowest BCUT2D eigenvalue weighted by Crippen LogP contribution is -2.47. The van der Waals surface area contributed by atoms with E-state index in [0.717, 1.165) is 49.6 Å². The molecule has 0 atom stereocenters. The molecule has 2 aromatic rings. The Morgan fingerprint density at radius 1 is 0.929 bits per heavy atom. The van der Waals surface area contributed by atoms with Crippen LogP contribution in [0.2, 0.25) is 0 Å². The van der Waals surface area contributed by atoms with Gasteiger partial charge in [-0.3, -0.25) is 4.79 Å². The fourth-order valence-electron chi connectivity index (χ4n) is 3.81. The van der Waals surface area contributed by atoms with Crippen molar-refractivity contribution in [2.45, 2.75) is 19.8 Å². The fraction of sp³-hybridized carbons (Fsp3) is 0.526. The molecule has 0 saturated carbocycles. The van der Waals surface area contributed by atoms with E-state index in [-0.39, 0.29) is 5.92 Å². The van der Waals surface area contributed by atoms with E-state index in [4.69, 9.17) is 0 Å². The Kier molecular flexibility index (Phi) is 5.23. The Morgan fingerprint density at radius 3 is 2.04 bits per heavy atom. The van der Waals surface area contributed by atoms with Crippen LogP contribution in [0.25, 0.3) is 0 Å². The monoisotopic (exact) mass is 383 g/mol. The highest BCUT2D eigenvalue weighted by Gasteiger charge is 2.26. The predicted octanol–water partition coefficient (Wildman–Crippen LogP) is 1.20. The summed E-state index contributed by atoms with van der Waals surface area (Å²) >= 11 is 0. The minimum atomic E-state index is -0.695. The number of aliphatic carboxylic acids is 1. The van der Waals surface area contributed by atoms with Gasteiger partial charge in [0.05, 0.1) is 5.92 Å². The molecule has 0 bridgehead atoms. The first-order chi connectivity index (χ1) is 13.6. The van der Waals surface area contributed by atoms with Crippen molar-refractivity contribution in [1.29, 1.82) is 0 Å². The average molecular weight is 383 g/mol. The summed E-state index contributed by atoms with van der Waals surface area (Å²) in [5.41, 5.74) is 0. The zero-order valence-corrected chi connectivity index (χ0v) is 16.0. The Bertz CT molecular complexity index is 816. The largest absolute Gasteiger partial charge is 0.481 e. The minimum absolute atomic E-state index is 0.244. The number of aryl methyl sites for hydroxylation is 1. The van der Waals surface area contributed by atoms with Crippen LogP contribution in [0.15, 0.2) is 24.5 Å². The van der Waals surface area contributed by atoms with Crippen LogP contribution in [-0.2, 0) is 4.79 Å². The highest BCUT2D eigenvalue weighted by Crippen LogP contribution is 2.25. The molecule has 9 nitrogen and oxygen atoms in total. The summed E-state index contributed by atoms with van der Waals surface area (Å²) in [4.78, 5) is 35.7. The molecule has 28 heavy (non-hydrogen) atoms. The second-order valence-electron chi connectivity index (χ2n) is 7.25. The zero-order chi connectivity index (χ0) is 19.5. The Morgan fingerprint density at radius 2 is 1.46 bits per heavy atom. The molecule has 0 amide bonds. The third-order valence-corrected chi connectivity index (χ3v) is 5.42. The molecule has 2 aliphatic heterocycles. The van der Waals surface area contributed by atoms with E-state index in [9.17, 15) is 9.90 Å². The quantitative estimate of drug-likeness (QED) is 0.835. The van der Waals surface area contributed by atoms with Crippen molar-refractivity contribution in [3.63, 3.8) is 0 Å². The van der Waals surface area contributed by atoms with Crippen molar-refractivity contribution in [3.8, 4) is 0 Å². The van der Waals surface area contributed by atoms with Gasteiger partial charge >= 0.3 is 5.97 Å². The van der Waals surface area contributed by atoms with Crippen LogP contribution in [0.1, 0.15) is 18.7 Å².